The van der Waals surface area contributed by atoms with E-state index >= 15 is 0 Å². The Balaban J connectivity index is 2.12. The fourth-order valence-electron chi connectivity index (χ4n) is 3.00. The molecule has 1 atom stereocenters. The zero-order valence-electron chi connectivity index (χ0n) is 16.7. The highest BCUT2D eigenvalue weighted by atomic mass is 35.5. The van der Waals surface area contributed by atoms with Gasteiger partial charge in [-0.15, -0.1) is 0 Å². The van der Waals surface area contributed by atoms with Gasteiger partial charge in [0.15, 0.2) is 0 Å². The summed E-state index contributed by atoms with van der Waals surface area (Å²) in [4.78, 5) is 25.8. The van der Waals surface area contributed by atoms with E-state index in [0.29, 0.717) is 10.6 Å². The van der Waals surface area contributed by atoms with Gasteiger partial charge >= 0.3 is 0 Å². The van der Waals surface area contributed by atoms with Gasteiger partial charge in [-0.3, -0.25) is 9.59 Å². The number of halogens is 2. The van der Waals surface area contributed by atoms with Crippen LogP contribution in [0.1, 0.15) is 17.3 Å². The molecule has 0 aliphatic rings. The summed E-state index contributed by atoms with van der Waals surface area (Å²) in [5.41, 5.74) is -0.0368. The third-order valence-corrected chi connectivity index (χ3v) is 5.64. The summed E-state index contributed by atoms with van der Waals surface area (Å²) < 4.78 is 37.7. The molecule has 7 nitrogen and oxygen atoms in total. The Kier molecular flexibility index (Phi) is 6.56. The number of aromatic nitrogens is 2. The second kappa shape index (κ2) is 8.99. The molecule has 3 aromatic rings. The third kappa shape index (κ3) is 5.77. The molecule has 0 aliphatic carbocycles. The zero-order chi connectivity index (χ0) is 22.8. The quantitative estimate of drug-likeness (QED) is 0.606. The van der Waals surface area contributed by atoms with E-state index < -0.39 is 33.2 Å². The lowest BCUT2D eigenvalue weighted by molar-refractivity contribution is 0.0941. The smallest absolute Gasteiger partial charge is 0.284 e. The fraction of sp³-hybridized carbons (Fsp3) is 0.190. The molecule has 1 N–H and O–H groups in total. The molecule has 0 saturated carbocycles. The number of nitrogens with one attached hydrogen (secondary N) is 1. The van der Waals surface area contributed by atoms with Gasteiger partial charge in [0, 0.05) is 22.9 Å². The second-order valence-electron chi connectivity index (χ2n) is 7.11. The summed E-state index contributed by atoms with van der Waals surface area (Å²) in [5.74, 6) is -1.62. The van der Waals surface area contributed by atoms with E-state index in [1.54, 1.807) is 24.3 Å². The molecule has 1 amide bonds. The largest absolute Gasteiger partial charge is 0.348 e. The average Bonchev–Trinajstić information content (AvgIpc) is 2.67. The maximum Gasteiger partial charge on any atom is 0.284 e. The molecule has 2 aromatic carbocycles. The number of hydrogen-bond donors (Lipinski definition) is 1. The van der Waals surface area contributed by atoms with Crippen molar-refractivity contribution < 1.29 is 17.6 Å². The van der Waals surface area contributed by atoms with Crippen LogP contribution in [0.2, 0.25) is 5.02 Å². The maximum atomic E-state index is 13.7. The van der Waals surface area contributed by atoms with Gasteiger partial charge in [-0.2, -0.15) is 9.78 Å². The fourth-order valence-corrected chi connectivity index (χ4v) is 4.12. The summed E-state index contributed by atoms with van der Waals surface area (Å²) in [5, 5.41) is 7.30. The highest BCUT2D eigenvalue weighted by Gasteiger charge is 2.20. The topological polar surface area (TPSA) is 98.1 Å². The zero-order valence-corrected chi connectivity index (χ0v) is 18.2. The average molecular weight is 464 g/mol. The van der Waals surface area contributed by atoms with Gasteiger partial charge in [0.2, 0.25) is 0 Å². The van der Waals surface area contributed by atoms with Crippen LogP contribution in [0.25, 0.3) is 16.9 Å². The van der Waals surface area contributed by atoms with Crippen molar-refractivity contribution in [3.05, 3.63) is 81.4 Å². The third-order valence-electron chi connectivity index (χ3n) is 4.28. The van der Waals surface area contributed by atoms with E-state index in [1.165, 1.54) is 31.2 Å². The van der Waals surface area contributed by atoms with Gasteiger partial charge in [-0.05, 0) is 43.3 Å². The Labute approximate surface area is 183 Å². The Morgan fingerprint density at radius 3 is 2.48 bits per heavy atom. The minimum Gasteiger partial charge on any atom is -0.348 e. The van der Waals surface area contributed by atoms with Crippen LogP contribution in [0.5, 0.6) is 0 Å². The number of amides is 1. The number of benzene rings is 2. The van der Waals surface area contributed by atoms with Crippen LogP contribution in [0, 0.1) is 5.82 Å². The van der Waals surface area contributed by atoms with Crippen LogP contribution in [0.4, 0.5) is 4.39 Å². The minimum absolute atomic E-state index is 0.138. The van der Waals surface area contributed by atoms with E-state index in [4.69, 9.17) is 11.6 Å². The molecule has 0 saturated heterocycles. The molecule has 0 radical (unpaired) electrons. The van der Waals surface area contributed by atoms with Crippen LogP contribution in [-0.2, 0) is 9.84 Å². The van der Waals surface area contributed by atoms with E-state index in [-0.39, 0.29) is 22.7 Å². The lowest BCUT2D eigenvalue weighted by Crippen LogP contribution is -2.41. The number of hydrogen-bond acceptors (Lipinski definition) is 5. The van der Waals surface area contributed by atoms with E-state index in [1.807, 2.05) is 0 Å². The van der Waals surface area contributed by atoms with Crippen LogP contribution in [0.15, 0.2) is 59.4 Å². The van der Waals surface area contributed by atoms with Crippen molar-refractivity contribution in [3.8, 4) is 16.9 Å². The standard InChI is InChI=1S/C21H19ClFN3O4S/c1-13(12-31(2,29)30)24-20(27)18-11-19(14-6-8-15(22)9-7-14)25-26(21(18)28)17-5-3-4-16(23)10-17/h3-11,13H,12H2,1-2H3,(H,24,27). The van der Waals surface area contributed by atoms with Crippen molar-refractivity contribution >= 4 is 27.3 Å². The normalized spacial score (nSPS) is 12.4. The minimum atomic E-state index is -3.34. The highest BCUT2D eigenvalue weighted by Crippen LogP contribution is 2.20. The van der Waals surface area contributed by atoms with Crippen molar-refractivity contribution in [2.45, 2.75) is 13.0 Å². The summed E-state index contributed by atoms with van der Waals surface area (Å²) >= 11 is 5.93. The van der Waals surface area contributed by atoms with Crippen LogP contribution < -0.4 is 10.9 Å². The van der Waals surface area contributed by atoms with E-state index in [0.717, 1.165) is 17.0 Å². The molecule has 0 bridgehead atoms. The van der Waals surface area contributed by atoms with E-state index in [9.17, 15) is 22.4 Å². The molecule has 31 heavy (non-hydrogen) atoms. The number of rotatable bonds is 6. The molecule has 10 heteroatoms. The number of carbonyl (C=O) groups is 1. The van der Waals surface area contributed by atoms with Crippen molar-refractivity contribution in [1.29, 1.82) is 0 Å². The highest BCUT2D eigenvalue weighted by molar-refractivity contribution is 7.90. The van der Waals surface area contributed by atoms with Gasteiger partial charge in [0.25, 0.3) is 11.5 Å². The Bertz CT molecular complexity index is 1290. The van der Waals surface area contributed by atoms with Crippen LogP contribution in [0.3, 0.4) is 0 Å². The summed E-state index contributed by atoms with van der Waals surface area (Å²) in [6.45, 7) is 1.52. The molecule has 162 valence electrons. The lowest BCUT2D eigenvalue weighted by atomic mass is 10.1. The molecule has 0 aliphatic heterocycles. The van der Waals surface area contributed by atoms with Crippen molar-refractivity contribution in [2.75, 3.05) is 12.0 Å². The summed E-state index contributed by atoms with van der Waals surface area (Å²) in [6.07, 6.45) is 1.05. The summed E-state index contributed by atoms with van der Waals surface area (Å²) in [6, 6.07) is 12.4. The SMILES string of the molecule is CC(CS(C)(=O)=O)NC(=O)c1cc(-c2ccc(Cl)cc2)nn(-c2cccc(F)c2)c1=O. The predicted octanol–water partition coefficient (Wildman–Crippen LogP) is 2.85. The maximum absolute atomic E-state index is 13.7. The Hall–Kier alpha value is -3.04. The van der Waals surface area contributed by atoms with Crippen LogP contribution >= 0.6 is 11.6 Å². The second-order valence-corrected chi connectivity index (χ2v) is 9.74. The van der Waals surface area contributed by atoms with Crippen molar-refractivity contribution in [3.63, 3.8) is 0 Å². The Morgan fingerprint density at radius 1 is 1.19 bits per heavy atom. The van der Waals surface area contributed by atoms with Crippen molar-refractivity contribution in [1.82, 2.24) is 15.1 Å². The van der Waals surface area contributed by atoms with Gasteiger partial charge < -0.3 is 5.32 Å². The first-order valence-electron chi connectivity index (χ1n) is 9.18. The molecule has 1 heterocycles. The monoisotopic (exact) mass is 463 g/mol. The van der Waals surface area contributed by atoms with Gasteiger partial charge in [-0.1, -0.05) is 29.8 Å². The molecule has 1 aromatic heterocycles. The first-order chi connectivity index (χ1) is 14.5. The first kappa shape index (κ1) is 22.6. The lowest BCUT2D eigenvalue weighted by Gasteiger charge is -2.14. The predicted molar refractivity (Wildman–Crippen MR) is 117 cm³/mol. The van der Waals surface area contributed by atoms with Crippen LogP contribution in [-0.4, -0.2) is 42.2 Å². The molecule has 1 unspecified atom stereocenters. The molecule has 0 spiro atoms. The molecule has 3 rings (SSSR count). The van der Waals surface area contributed by atoms with E-state index in [2.05, 4.69) is 10.4 Å². The molecular formula is C21H19ClFN3O4S. The number of nitrogens with zero attached hydrogens (tertiary/aromatic N) is 2. The van der Waals surface area contributed by atoms with Crippen molar-refractivity contribution in [2.24, 2.45) is 0 Å². The molecular weight excluding hydrogens is 445 g/mol. The first-order valence-corrected chi connectivity index (χ1v) is 11.6. The van der Waals surface area contributed by atoms with Gasteiger partial charge in [0.05, 0.1) is 17.1 Å². The summed E-state index contributed by atoms with van der Waals surface area (Å²) in [7, 11) is -3.34. The number of sulfone groups is 1. The number of carbonyl (C=O) groups excluding carboxylic acids is 1. The Morgan fingerprint density at radius 2 is 1.87 bits per heavy atom. The van der Waals surface area contributed by atoms with Gasteiger partial charge in [-0.25, -0.2) is 12.8 Å². The van der Waals surface area contributed by atoms with Gasteiger partial charge in [0.1, 0.15) is 21.2 Å². The molecule has 0 fully saturated rings.